The summed E-state index contributed by atoms with van der Waals surface area (Å²) in [4.78, 5) is 12.8. The molecule has 0 saturated carbocycles. The Balaban J connectivity index is 2.23. The lowest BCUT2D eigenvalue weighted by Crippen LogP contribution is -2.13. The van der Waals surface area contributed by atoms with Crippen LogP contribution in [0.4, 0.5) is 0 Å². The Bertz CT molecular complexity index is 571. The standard InChI is InChI=1S/C14H12O2S/c15-14(16)13-10-4-2-1-3-9(10)5-6-12-11(13)7-8-17-12/h1-4,7-8,13H,5-6H2,(H,15,16). The molecule has 2 nitrogen and oxygen atoms in total. The van der Waals surface area contributed by atoms with Crippen molar-refractivity contribution >= 4 is 17.3 Å². The molecule has 0 radical (unpaired) electrons. The highest BCUT2D eigenvalue weighted by atomic mass is 32.1. The second kappa shape index (κ2) is 4.00. The Kier molecular flexibility index (Phi) is 2.48. The summed E-state index contributed by atoms with van der Waals surface area (Å²) in [5.41, 5.74) is 3.10. The van der Waals surface area contributed by atoms with E-state index in [1.54, 1.807) is 11.3 Å². The molecular formula is C14H12O2S. The minimum absolute atomic E-state index is 0.491. The van der Waals surface area contributed by atoms with E-state index in [9.17, 15) is 9.90 Å². The number of thiophene rings is 1. The third-order valence-corrected chi connectivity index (χ3v) is 4.32. The van der Waals surface area contributed by atoms with Crippen molar-refractivity contribution in [1.82, 2.24) is 0 Å². The number of hydrogen-bond donors (Lipinski definition) is 1. The van der Waals surface area contributed by atoms with Crippen LogP contribution >= 0.6 is 11.3 Å². The molecule has 0 amide bonds. The number of hydrogen-bond acceptors (Lipinski definition) is 2. The fraction of sp³-hybridized carbons (Fsp3) is 0.214. The van der Waals surface area contributed by atoms with Gasteiger partial charge in [0.05, 0.1) is 0 Å². The van der Waals surface area contributed by atoms with E-state index < -0.39 is 11.9 Å². The summed E-state index contributed by atoms with van der Waals surface area (Å²) in [6, 6.07) is 9.85. The van der Waals surface area contributed by atoms with Crippen molar-refractivity contribution in [2.45, 2.75) is 18.8 Å². The van der Waals surface area contributed by atoms with Crippen molar-refractivity contribution in [2.75, 3.05) is 0 Å². The Labute approximate surface area is 104 Å². The van der Waals surface area contributed by atoms with Gasteiger partial charge in [0.25, 0.3) is 0 Å². The first kappa shape index (κ1) is 10.5. The molecule has 1 aliphatic carbocycles. The summed E-state index contributed by atoms with van der Waals surface area (Å²) >= 11 is 1.67. The summed E-state index contributed by atoms with van der Waals surface area (Å²) in [6.07, 6.45) is 1.89. The highest BCUT2D eigenvalue weighted by molar-refractivity contribution is 7.10. The maximum atomic E-state index is 11.5. The predicted molar refractivity (Wildman–Crippen MR) is 67.6 cm³/mol. The van der Waals surface area contributed by atoms with Gasteiger partial charge in [-0.1, -0.05) is 24.3 Å². The quantitative estimate of drug-likeness (QED) is 0.837. The molecule has 1 N–H and O–H groups in total. The first-order valence-corrected chi connectivity index (χ1v) is 6.52. The third kappa shape index (κ3) is 1.67. The van der Waals surface area contributed by atoms with Gasteiger partial charge in [0, 0.05) is 4.88 Å². The molecule has 1 unspecified atom stereocenters. The highest BCUT2D eigenvalue weighted by Gasteiger charge is 2.29. The third-order valence-electron chi connectivity index (χ3n) is 3.33. The van der Waals surface area contributed by atoms with Gasteiger partial charge in [-0.25, -0.2) is 0 Å². The zero-order valence-electron chi connectivity index (χ0n) is 9.22. The van der Waals surface area contributed by atoms with Gasteiger partial charge in [-0.05, 0) is 41.0 Å². The smallest absolute Gasteiger partial charge is 0.315 e. The number of benzene rings is 1. The fourth-order valence-electron chi connectivity index (χ4n) is 2.54. The van der Waals surface area contributed by atoms with Crippen molar-refractivity contribution < 1.29 is 9.90 Å². The van der Waals surface area contributed by atoms with Gasteiger partial charge in [0.1, 0.15) is 5.92 Å². The SMILES string of the molecule is O=C(O)C1c2ccccc2CCc2sccc21. The molecule has 3 rings (SSSR count). The van der Waals surface area contributed by atoms with Crippen LogP contribution in [0.2, 0.25) is 0 Å². The van der Waals surface area contributed by atoms with Crippen molar-refractivity contribution in [3.8, 4) is 0 Å². The number of fused-ring (bicyclic) bond motifs is 2. The minimum atomic E-state index is -0.751. The van der Waals surface area contributed by atoms with Gasteiger partial charge in [0.15, 0.2) is 0 Å². The molecule has 3 heteroatoms. The van der Waals surface area contributed by atoms with Gasteiger partial charge in [-0.15, -0.1) is 11.3 Å². The van der Waals surface area contributed by atoms with E-state index >= 15 is 0 Å². The van der Waals surface area contributed by atoms with Crippen molar-refractivity contribution in [2.24, 2.45) is 0 Å². The average Bonchev–Trinajstić information content (AvgIpc) is 2.70. The summed E-state index contributed by atoms with van der Waals surface area (Å²) in [5.74, 6) is -1.24. The van der Waals surface area contributed by atoms with Crippen LogP contribution in [0.15, 0.2) is 35.7 Å². The number of carboxylic acid groups (broad SMARTS) is 1. The van der Waals surface area contributed by atoms with E-state index in [-0.39, 0.29) is 0 Å². The Morgan fingerprint density at radius 3 is 2.82 bits per heavy atom. The second-order valence-electron chi connectivity index (χ2n) is 4.27. The maximum absolute atomic E-state index is 11.5. The molecule has 0 spiro atoms. The van der Waals surface area contributed by atoms with Gasteiger partial charge in [0.2, 0.25) is 0 Å². The molecule has 2 aromatic rings. The van der Waals surface area contributed by atoms with Crippen LogP contribution in [-0.4, -0.2) is 11.1 Å². The number of carboxylic acids is 1. The summed E-state index contributed by atoms with van der Waals surface area (Å²) < 4.78 is 0. The lowest BCUT2D eigenvalue weighted by molar-refractivity contribution is -0.137. The van der Waals surface area contributed by atoms with Crippen molar-refractivity contribution in [3.05, 3.63) is 57.3 Å². The van der Waals surface area contributed by atoms with Crippen LogP contribution in [0.1, 0.15) is 27.5 Å². The largest absolute Gasteiger partial charge is 0.481 e. The first-order chi connectivity index (χ1) is 8.27. The number of carbonyl (C=O) groups is 1. The summed E-state index contributed by atoms with van der Waals surface area (Å²) in [5, 5.41) is 11.5. The summed E-state index contributed by atoms with van der Waals surface area (Å²) in [7, 11) is 0. The second-order valence-corrected chi connectivity index (χ2v) is 5.27. The number of rotatable bonds is 1. The number of aliphatic carboxylic acids is 1. The maximum Gasteiger partial charge on any atom is 0.315 e. The average molecular weight is 244 g/mol. The van der Waals surface area contributed by atoms with Crippen LogP contribution in [-0.2, 0) is 17.6 Å². The molecule has 0 bridgehead atoms. The molecule has 0 fully saturated rings. The predicted octanol–water partition coefficient (Wildman–Crippen LogP) is 3.06. The molecule has 0 saturated heterocycles. The molecule has 17 heavy (non-hydrogen) atoms. The van der Waals surface area contributed by atoms with Gasteiger partial charge >= 0.3 is 5.97 Å². The number of aryl methyl sites for hydroxylation is 2. The highest BCUT2D eigenvalue weighted by Crippen LogP contribution is 2.36. The van der Waals surface area contributed by atoms with Crippen molar-refractivity contribution in [3.63, 3.8) is 0 Å². The van der Waals surface area contributed by atoms with E-state index in [0.29, 0.717) is 0 Å². The van der Waals surface area contributed by atoms with Crippen LogP contribution < -0.4 is 0 Å². The van der Waals surface area contributed by atoms with E-state index in [1.165, 1.54) is 10.4 Å². The zero-order chi connectivity index (χ0) is 11.8. The van der Waals surface area contributed by atoms with Gasteiger partial charge in [-0.3, -0.25) is 4.79 Å². The van der Waals surface area contributed by atoms with Crippen LogP contribution in [0.25, 0.3) is 0 Å². The topological polar surface area (TPSA) is 37.3 Å². The summed E-state index contributed by atoms with van der Waals surface area (Å²) in [6.45, 7) is 0. The van der Waals surface area contributed by atoms with E-state index in [1.807, 2.05) is 35.7 Å². The first-order valence-electron chi connectivity index (χ1n) is 5.64. The molecule has 1 heterocycles. The molecule has 1 aliphatic rings. The van der Waals surface area contributed by atoms with E-state index in [4.69, 9.17) is 0 Å². The molecule has 86 valence electrons. The van der Waals surface area contributed by atoms with E-state index in [2.05, 4.69) is 0 Å². The monoisotopic (exact) mass is 244 g/mol. The Hall–Kier alpha value is -1.61. The van der Waals surface area contributed by atoms with Crippen molar-refractivity contribution in [1.29, 1.82) is 0 Å². The lowest BCUT2D eigenvalue weighted by Gasteiger charge is -2.13. The van der Waals surface area contributed by atoms with Crippen LogP contribution in [0.3, 0.4) is 0 Å². The normalized spacial score (nSPS) is 18.0. The van der Waals surface area contributed by atoms with Gasteiger partial charge < -0.3 is 5.11 Å². The van der Waals surface area contributed by atoms with E-state index in [0.717, 1.165) is 24.0 Å². The fourth-order valence-corrected chi connectivity index (χ4v) is 3.46. The van der Waals surface area contributed by atoms with Gasteiger partial charge in [-0.2, -0.15) is 0 Å². The minimum Gasteiger partial charge on any atom is -0.481 e. The molecule has 1 aromatic carbocycles. The lowest BCUT2D eigenvalue weighted by atomic mass is 9.90. The van der Waals surface area contributed by atoms with Crippen LogP contribution in [0.5, 0.6) is 0 Å². The Morgan fingerprint density at radius 2 is 2.00 bits per heavy atom. The zero-order valence-corrected chi connectivity index (χ0v) is 10.0. The molecule has 0 aliphatic heterocycles. The molecular weight excluding hydrogens is 232 g/mol. The van der Waals surface area contributed by atoms with Crippen LogP contribution in [0, 0.1) is 0 Å². The molecule has 1 aromatic heterocycles. The molecule has 1 atom stereocenters. The Morgan fingerprint density at radius 1 is 1.18 bits per heavy atom.